The lowest BCUT2D eigenvalue weighted by molar-refractivity contribution is 0.00792. The van der Waals surface area contributed by atoms with E-state index in [9.17, 15) is 15.0 Å². The zero-order valence-electron chi connectivity index (χ0n) is 19.2. The molecule has 5 heteroatoms. The summed E-state index contributed by atoms with van der Waals surface area (Å²) in [7, 11) is 0. The summed E-state index contributed by atoms with van der Waals surface area (Å²) in [5.74, 6) is 0. The molecule has 0 bridgehead atoms. The van der Waals surface area contributed by atoms with Gasteiger partial charge in [0.1, 0.15) is 0 Å². The summed E-state index contributed by atoms with van der Waals surface area (Å²) in [5.41, 5.74) is 1.63. The van der Waals surface area contributed by atoms with E-state index >= 15 is 0 Å². The standard InChI is InChI=1S/C27H34N2O3/c1-27(2,3)29(26(31)32)24(18-20-10-5-4-6-11-20)25(30)19-28-17-16-22-14-9-13-21-12-7-8-15-23(21)22/h4-15,24-25,28,30H,16-19H2,1-3H3,(H,31,32)/t24-,25-/m0/s1. The number of carboxylic acid groups (broad SMARTS) is 1. The first-order valence-corrected chi connectivity index (χ1v) is 11.2. The summed E-state index contributed by atoms with van der Waals surface area (Å²) in [6.07, 6.45) is -0.568. The molecule has 2 atom stereocenters. The molecule has 0 saturated carbocycles. The van der Waals surface area contributed by atoms with Gasteiger partial charge in [-0.25, -0.2) is 4.79 Å². The van der Waals surface area contributed by atoms with Gasteiger partial charge < -0.3 is 15.5 Å². The number of benzene rings is 3. The molecule has 0 unspecified atom stereocenters. The Kier molecular flexibility index (Phi) is 7.89. The molecular formula is C27H34N2O3. The molecule has 0 heterocycles. The van der Waals surface area contributed by atoms with Crippen molar-refractivity contribution in [1.29, 1.82) is 0 Å². The van der Waals surface area contributed by atoms with Gasteiger partial charge in [0.2, 0.25) is 0 Å². The van der Waals surface area contributed by atoms with Gasteiger partial charge in [-0.3, -0.25) is 4.90 Å². The zero-order chi connectivity index (χ0) is 23.1. The highest BCUT2D eigenvalue weighted by molar-refractivity contribution is 5.85. The number of rotatable bonds is 9. The van der Waals surface area contributed by atoms with E-state index in [4.69, 9.17) is 0 Å². The monoisotopic (exact) mass is 434 g/mol. The molecular weight excluding hydrogens is 400 g/mol. The number of nitrogens with zero attached hydrogens (tertiary/aromatic N) is 1. The summed E-state index contributed by atoms with van der Waals surface area (Å²) >= 11 is 0. The zero-order valence-corrected chi connectivity index (χ0v) is 19.2. The maximum absolute atomic E-state index is 12.1. The first kappa shape index (κ1) is 23.8. The molecule has 0 aromatic heterocycles. The van der Waals surface area contributed by atoms with Crippen molar-refractivity contribution in [3.05, 3.63) is 83.9 Å². The molecule has 3 aromatic carbocycles. The fraction of sp³-hybridized carbons (Fsp3) is 0.370. The highest BCUT2D eigenvalue weighted by Gasteiger charge is 2.37. The number of hydrogen-bond acceptors (Lipinski definition) is 3. The van der Waals surface area contributed by atoms with Crippen LogP contribution < -0.4 is 5.32 Å². The van der Waals surface area contributed by atoms with Crippen LogP contribution in [0, 0.1) is 0 Å². The second-order valence-electron chi connectivity index (χ2n) is 9.24. The molecule has 32 heavy (non-hydrogen) atoms. The number of aliphatic hydroxyl groups excluding tert-OH is 1. The highest BCUT2D eigenvalue weighted by atomic mass is 16.4. The van der Waals surface area contributed by atoms with Gasteiger partial charge in [-0.1, -0.05) is 72.8 Å². The van der Waals surface area contributed by atoms with Crippen LogP contribution in [0.25, 0.3) is 10.8 Å². The Labute approximate surface area is 190 Å². The van der Waals surface area contributed by atoms with Gasteiger partial charge >= 0.3 is 6.09 Å². The molecule has 0 fully saturated rings. The van der Waals surface area contributed by atoms with Gasteiger partial charge in [0, 0.05) is 12.1 Å². The number of nitrogens with one attached hydrogen (secondary N) is 1. The lowest BCUT2D eigenvalue weighted by atomic mass is 9.94. The van der Waals surface area contributed by atoms with Crippen molar-refractivity contribution < 1.29 is 15.0 Å². The summed E-state index contributed by atoms with van der Waals surface area (Å²) < 4.78 is 0. The summed E-state index contributed by atoms with van der Waals surface area (Å²) in [6, 6.07) is 23.8. The second-order valence-corrected chi connectivity index (χ2v) is 9.24. The van der Waals surface area contributed by atoms with Crippen LogP contribution in [0.1, 0.15) is 31.9 Å². The lowest BCUT2D eigenvalue weighted by Gasteiger charge is -2.42. The van der Waals surface area contributed by atoms with Crippen molar-refractivity contribution in [3.63, 3.8) is 0 Å². The van der Waals surface area contributed by atoms with Crippen LogP contribution in [0.3, 0.4) is 0 Å². The largest absolute Gasteiger partial charge is 0.465 e. The van der Waals surface area contributed by atoms with Crippen LogP contribution >= 0.6 is 0 Å². The van der Waals surface area contributed by atoms with Crippen LogP contribution in [-0.2, 0) is 12.8 Å². The van der Waals surface area contributed by atoms with Gasteiger partial charge in [0.05, 0.1) is 12.1 Å². The van der Waals surface area contributed by atoms with Gasteiger partial charge in [-0.2, -0.15) is 0 Å². The van der Waals surface area contributed by atoms with Crippen molar-refractivity contribution in [2.75, 3.05) is 13.1 Å². The molecule has 0 saturated heterocycles. The van der Waals surface area contributed by atoms with E-state index in [1.165, 1.54) is 21.2 Å². The SMILES string of the molecule is CC(C)(C)N(C(=O)O)[C@@H](Cc1ccccc1)[C@@H](O)CNCCc1cccc2ccccc12. The maximum atomic E-state index is 12.1. The Bertz CT molecular complexity index is 1010. The third kappa shape index (κ3) is 6.09. The fourth-order valence-electron chi connectivity index (χ4n) is 4.30. The van der Waals surface area contributed by atoms with E-state index in [1.54, 1.807) is 0 Å². The molecule has 0 spiro atoms. The van der Waals surface area contributed by atoms with Crippen molar-refractivity contribution in [3.8, 4) is 0 Å². The molecule has 5 nitrogen and oxygen atoms in total. The van der Waals surface area contributed by atoms with Crippen LogP contribution in [-0.4, -0.2) is 52.0 Å². The Morgan fingerprint density at radius 1 is 0.969 bits per heavy atom. The molecule has 3 rings (SSSR count). The van der Waals surface area contributed by atoms with Crippen LogP contribution in [0.5, 0.6) is 0 Å². The molecule has 170 valence electrons. The molecule has 3 N–H and O–H groups in total. The molecule has 1 amide bonds. The molecule has 0 radical (unpaired) electrons. The van der Waals surface area contributed by atoms with Gasteiger partial charge in [0.25, 0.3) is 0 Å². The minimum absolute atomic E-state index is 0.322. The van der Waals surface area contributed by atoms with Gasteiger partial charge in [-0.05, 0) is 62.1 Å². The minimum atomic E-state index is -1.02. The highest BCUT2D eigenvalue weighted by Crippen LogP contribution is 2.23. The van der Waals surface area contributed by atoms with Crippen LogP contribution in [0.2, 0.25) is 0 Å². The average molecular weight is 435 g/mol. The third-order valence-electron chi connectivity index (χ3n) is 5.80. The second kappa shape index (κ2) is 10.6. The Morgan fingerprint density at radius 2 is 1.62 bits per heavy atom. The van der Waals surface area contributed by atoms with Gasteiger partial charge in [-0.15, -0.1) is 0 Å². The topological polar surface area (TPSA) is 72.8 Å². The van der Waals surface area contributed by atoms with Crippen LogP contribution in [0.15, 0.2) is 72.8 Å². The minimum Gasteiger partial charge on any atom is -0.465 e. The lowest BCUT2D eigenvalue weighted by Crippen LogP contribution is -2.58. The number of fused-ring (bicyclic) bond motifs is 1. The average Bonchev–Trinajstić information content (AvgIpc) is 2.75. The number of hydrogen-bond donors (Lipinski definition) is 3. The summed E-state index contributed by atoms with van der Waals surface area (Å²) in [5, 5.41) is 26.8. The predicted molar refractivity (Wildman–Crippen MR) is 130 cm³/mol. The van der Waals surface area contributed by atoms with Crippen molar-refractivity contribution in [1.82, 2.24) is 10.2 Å². The van der Waals surface area contributed by atoms with Gasteiger partial charge in [0.15, 0.2) is 0 Å². The number of aliphatic hydroxyl groups is 1. The maximum Gasteiger partial charge on any atom is 0.408 e. The molecule has 0 aliphatic heterocycles. The van der Waals surface area contributed by atoms with Crippen LogP contribution in [0.4, 0.5) is 4.79 Å². The Hall–Kier alpha value is -2.89. The van der Waals surface area contributed by atoms with E-state index in [2.05, 4.69) is 35.6 Å². The van der Waals surface area contributed by atoms with Crippen molar-refractivity contribution >= 4 is 16.9 Å². The van der Waals surface area contributed by atoms with E-state index in [-0.39, 0.29) is 0 Å². The third-order valence-corrected chi connectivity index (χ3v) is 5.80. The summed E-state index contributed by atoms with van der Waals surface area (Å²) in [4.78, 5) is 13.5. The van der Waals surface area contributed by atoms with Crippen molar-refractivity contribution in [2.24, 2.45) is 0 Å². The Balaban J connectivity index is 1.67. The number of amides is 1. The van der Waals surface area contributed by atoms with E-state index in [0.29, 0.717) is 19.5 Å². The molecule has 0 aliphatic carbocycles. The first-order chi connectivity index (χ1) is 15.3. The summed E-state index contributed by atoms with van der Waals surface area (Å²) in [6.45, 7) is 6.60. The van der Waals surface area contributed by atoms with E-state index < -0.39 is 23.8 Å². The Morgan fingerprint density at radius 3 is 2.31 bits per heavy atom. The normalized spacial score (nSPS) is 13.6. The predicted octanol–water partition coefficient (Wildman–Crippen LogP) is 4.72. The smallest absolute Gasteiger partial charge is 0.408 e. The fourth-order valence-corrected chi connectivity index (χ4v) is 4.30. The molecule has 3 aromatic rings. The van der Waals surface area contributed by atoms with Crippen molar-refractivity contribution in [2.45, 2.75) is 51.3 Å². The van der Waals surface area contributed by atoms with E-state index in [0.717, 1.165) is 12.0 Å². The quantitative estimate of drug-likeness (QED) is 0.426. The number of carbonyl (C=O) groups is 1. The van der Waals surface area contributed by atoms with E-state index in [1.807, 2.05) is 63.2 Å². The first-order valence-electron chi connectivity index (χ1n) is 11.2. The molecule has 0 aliphatic rings.